The van der Waals surface area contributed by atoms with E-state index in [0.717, 1.165) is 31.5 Å². The second-order valence-corrected chi connectivity index (χ2v) is 3.82. The fourth-order valence-corrected chi connectivity index (χ4v) is 1.74. The molecular formula is C11H12F3NO. The first kappa shape index (κ1) is 11.4. The van der Waals surface area contributed by atoms with Gasteiger partial charge in [0.2, 0.25) is 0 Å². The highest BCUT2D eigenvalue weighted by Crippen LogP contribution is 2.31. The van der Waals surface area contributed by atoms with Crippen LogP contribution in [0.2, 0.25) is 0 Å². The van der Waals surface area contributed by atoms with E-state index in [9.17, 15) is 13.2 Å². The molecule has 0 bridgehead atoms. The Kier molecular flexibility index (Phi) is 3.14. The molecule has 16 heavy (non-hydrogen) atoms. The van der Waals surface area contributed by atoms with Crippen LogP contribution in [0.3, 0.4) is 0 Å². The maximum absolute atomic E-state index is 12.3. The summed E-state index contributed by atoms with van der Waals surface area (Å²) in [4.78, 5) is 3.82. The molecule has 1 atom stereocenters. The number of alkyl halides is 3. The highest BCUT2D eigenvalue weighted by molar-refractivity contribution is 5.18. The Bertz CT molecular complexity index is 341. The lowest BCUT2D eigenvalue weighted by Gasteiger charge is -2.22. The average molecular weight is 231 g/mol. The molecule has 1 fully saturated rings. The van der Waals surface area contributed by atoms with Crippen LogP contribution in [0.25, 0.3) is 0 Å². The van der Waals surface area contributed by atoms with Crippen LogP contribution in [0.5, 0.6) is 0 Å². The zero-order chi connectivity index (χ0) is 11.6. The smallest absolute Gasteiger partial charge is 0.372 e. The average Bonchev–Trinajstić information content (AvgIpc) is 2.29. The quantitative estimate of drug-likeness (QED) is 0.739. The number of hydrogen-bond acceptors (Lipinski definition) is 2. The van der Waals surface area contributed by atoms with Crippen LogP contribution in [-0.2, 0) is 10.9 Å². The lowest BCUT2D eigenvalue weighted by molar-refractivity contribution is -0.137. The van der Waals surface area contributed by atoms with Crippen LogP contribution in [0.4, 0.5) is 13.2 Å². The molecule has 0 aromatic carbocycles. The molecule has 1 unspecified atom stereocenters. The lowest BCUT2D eigenvalue weighted by atomic mass is 10.1. The minimum Gasteiger partial charge on any atom is -0.372 e. The van der Waals surface area contributed by atoms with Gasteiger partial charge >= 0.3 is 6.18 Å². The largest absolute Gasteiger partial charge is 0.417 e. The van der Waals surface area contributed by atoms with E-state index in [2.05, 4.69) is 4.98 Å². The molecule has 0 radical (unpaired) electrons. The molecule has 1 aromatic rings. The van der Waals surface area contributed by atoms with Gasteiger partial charge in [-0.2, -0.15) is 13.2 Å². The van der Waals surface area contributed by atoms with Crippen LogP contribution in [0, 0.1) is 0 Å². The van der Waals surface area contributed by atoms with Gasteiger partial charge in [0.1, 0.15) is 0 Å². The summed E-state index contributed by atoms with van der Waals surface area (Å²) in [7, 11) is 0. The molecule has 1 aliphatic rings. The summed E-state index contributed by atoms with van der Waals surface area (Å²) in [5.41, 5.74) is -0.125. The van der Waals surface area contributed by atoms with Crippen molar-refractivity contribution in [1.29, 1.82) is 0 Å². The summed E-state index contributed by atoms with van der Waals surface area (Å²) in [6.07, 6.45) is -0.717. The predicted octanol–water partition coefficient (Wildman–Crippen LogP) is 3.34. The molecule has 2 heterocycles. The Morgan fingerprint density at radius 3 is 2.56 bits per heavy atom. The fourth-order valence-electron chi connectivity index (χ4n) is 1.74. The van der Waals surface area contributed by atoms with Gasteiger partial charge in [-0.1, -0.05) is 0 Å². The van der Waals surface area contributed by atoms with E-state index in [1.165, 1.54) is 6.07 Å². The Balaban J connectivity index is 2.12. The number of ether oxygens (including phenoxy) is 1. The number of hydrogen-bond donors (Lipinski definition) is 0. The van der Waals surface area contributed by atoms with Crippen molar-refractivity contribution < 1.29 is 17.9 Å². The Hall–Kier alpha value is -1.10. The van der Waals surface area contributed by atoms with Crippen molar-refractivity contribution in [3.63, 3.8) is 0 Å². The molecule has 1 aliphatic heterocycles. The SMILES string of the molecule is FC(F)(F)c1ccc(C2CCCCO2)nc1. The second kappa shape index (κ2) is 4.41. The van der Waals surface area contributed by atoms with Gasteiger partial charge in [0, 0.05) is 12.8 Å². The molecule has 88 valence electrons. The second-order valence-electron chi connectivity index (χ2n) is 3.82. The first-order valence-corrected chi connectivity index (χ1v) is 5.22. The van der Waals surface area contributed by atoms with Crippen LogP contribution in [0.1, 0.15) is 36.6 Å². The topological polar surface area (TPSA) is 22.1 Å². The molecule has 2 rings (SSSR count). The predicted molar refractivity (Wildman–Crippen MR) is 51.8 cm³/mol. The Morgan fingerprint density at radius 2 is 2.06 bits per heavy atom. The molecule has 0 amide bonds. The minimum atomic E-state index is -4.32. The van der Waals surface area contributed by atoms with Gasteiger partial charge in [-0.25, -0.2) is 0 Å². The van der Waals surface area contributed by atoms with E-state index >= 15 is 0 Å². The van der Waals surface area contributed by atoms with Gasteiger partial charge < -0.3 is 4.74 Å². The van der Waals surface area contributed by atoms with E-state index in [4.69, 9.17) is 4.74 Å². The molecule has 5 heteroatoms. The maximum atomic E-state index is 12.3. The van der Waals surface area contributed by atoms with Gasteiger partial charge in [-0.3, -0.25) is 4.98 Å². The van der Waals surface area contributed by atoms with Crippen molar-refractivity contribution >= 4 is 0 Å². The summed E-state index contributed by atoms with van der Waals surface area (Å²) in [5, 5.41) is 0. The zero-order valence-corrected chi connectivity index (χ0v) is 8.63. The number of pyridine rings is 1. The number of rotatable bonds is 1. The van der Waals surface area contributed by atoms with E-state index in [1.54, 1.807) is 0 Å². The maximum Gasteiger partial charge on any atom is 0.417 e. The van der Waals surface area contributed by atoms with Gasteiger partial charge in [0.05, 0.1) is 17.4 Å². The van der Waals surface area contributed by atoms with Crippen LogP contribution < -0.4 is 0 Å². The van der Waals surface area contributed by atoms with Crippen molar-refractivity contribution in [2.45, 2.75) is 31.5 Å². The standard InChI is InChI=1S/C11H12F3NO/c12-11(13,14)8-4-5-9(15-7-8)10-3-1-2-6-16-10/h4-5,7,10H,1-3,6H2. The summed E-state index contributed by atoms with van der Waals surface area (Å²) in [6.45, 7) is 0.660. The van der Waals surface area contributed by atoms with E-state index in [-0.39, 0.29) is 6.10 Å². The third-order valence-corrected chi connectivity index (χ3v) is 2.62. The third-order valence-electron chi connectivity index (χ3n) is 2.62. The third kappa shape index (κ3) is 2.52. The summed E-state index contributed by atoms with van der Waals surface area (Å²) in [5.74, 6) is 0. The van der Waals surface area contributed by atoms with Crippen molar-refractivity contribution in [3.05, 3.63) is 29.6 Å². The van der Waals surface area contributed by atoms with Gasteiger partial charge in [0.15, 0.2) is 0 Å². The number of nitrogens with zero attached hydrogens (tertiary/aromatic N) is 1. The highest BCUT2D eigenvalue weighted by Gasteiger charge is 2.31. The van der Waals surface area contributed by atoms with E-state index < -0.39 is 11.7 Å². The van der Waals surface area contributed by atoms with Crippen LogP contribution >= 0.6 is 0 Å². The summed E-state index contributed by atoms with van der Waals surface area (Å²) >= 11 is 0. The highest BCUT2D eigenvalue weighted by atomic mass is 19.4. The normalized spacial score (nSPS) is 22.1. The van der Waals surface area contributed by atoms with Crippen LogP contribution in [0.15, 0.2) is 18.3 Å². The van der Waals surface area contributed by atoms with Crippen molar-refractivity contribution in [2.24, 2.45) is 0 Å². The minimum absolute atomic E-state index is 0.143. The first-order chi connectivity index (χ1) is 7.57. The lowest BCUT2D eigenvalue weighted by Crippen LogP contribution is -2.13. The van der Waals surface area contributed by atoms with Crippen molar-refractivity contribution in [1.82, 2.24) is 4.98 Å². The molecule has 0 saturated carbocycles. The number of halogens is 3. The van der Waals surface area contributed by atoms with E-state index in [0.29, 0.717) is 12.3 Å². The first-order valence-electron chi connectivity index (χ1n) is 5.22. The monoisotopic (exact) mass is 231 g/mol. The summed E-state index contributed by atoms with van der Waals surface area (Å²) in [6, 6.07) is 2.46. The Morgan fingerprint density at radius 1 is 1.25 bits per heavy atom. The molecule has 1 saturated heterocycles. The summed E-state index contributed by atoms with van der Waals surface area (Å²) < 4.78 is 42.3. The number of aromatic nitrogens is 1. The van der Waals surface area contributed by atoms with E-state index in [1.807, 2.05) is 0 Å². The molecule has 0 aliphatic carbocycles. The molecular weight excluding hydrogens is 219 g/mol. The molecule has 1 aromatic heterocycles. The molecule has 0 spiro atoms. The van der Waals surface area contributed by atoms with Crippen molar-refractivity contribution in [3.8, 4) is 0 Å². The van der Waals surface area contributed by atoms with Crippen LogP contribution in [-0.4, -0.2) is 11.6 Å². The molecule has 0 N–H and O–H groups in total. The molecule has 2 nitrogen and oxygen atoms in total. The Labute approximate surface area is 91.4 Å². The van der Waals surface area contributed by atoms with Crippen molar-refractivity contribution in [2.75, 3.05) is 6.61 Å². The fraction of sp³-hybridized carbons (Fsp3) is 0.545. The van der Waals surface area contributed by atoms with Gasteiger partial charge in [-0.05, 0) is 31.4 Å². The van der Waals surface area contributed by atoms with Gasteiger partial charge in [-0.15, -0.1) is 0 Å². The zero-order valence-electron chi connectivity index (χ0n) is 8.63. The van der Waals surface area contributed by atoms with Gasteiger partial charge in [0.25, 0.3) is 0 Å².